The molecule has 0 radical (unpaired) electrons. The lowest BCUT2D eigenvalue weighted by Gasteiger charge is -2.10. The number of H-pyrrole nitrogens is 1. The number of nitriles is 1. The molecule has 0 bridgehead atoms. The van der Waals surface area contributed by atoms with Crippen LogP contribution in [0.5, 0.6) is 0 Å². The number of nitrogens with zero attached hydrogens (tertiary/aromatic N) is 2. The average molecular weight is 290 g/mol. The number of anilines is 2. The highest BCUT2D eigenvalue weighted by Gasteiger charge is 2.11. The van der Waals surface area contributed by atoms with E-state index in [9.17, 15) is 5.26 Å². The van der Waals surface area contributed by atoms with E-state index >= 15 is 0 Å². The second-order valence-corrected chi connectivity index (χ2v) is 5.56. The molecule has 3 heterocycles. The van der Waals surface area contributed by atoms with Crippen LogP contribution in [0.1, 0.15) is 5.56 Å². The summed E-state index contributed by atoms with van der Waals surface area (Å²) in [6.45, 7) is 0. The van der Waals surface area contributed by atoms with Crippen LogP contribution in [-0.4, -0.2) is 9.97 Å². The van der Waals surface area contributed by atoms with Crippen LogP contribution < -0.4 is 5.32 Å². The Morgan fingerprint density at radius 2 is 2.14 bits per heavy atom. The van der Waals surface area contributed by atoms with Crippen LogP contribution in [0.25, 0.3) is 21.1 Å². The summed E-state index contributed by atoms with van der Waals surface area (Å²) in [5, 5.41) is 16.8. The van der Waals surface area contributed by atoms with Gasteiger partial charge in [0, 0.05) is 34.4 Å². The fraction of sp³-hybridized carbons (Fsp3) is 0. The highest BCUT2D eigenvalue weighted by Crippen LogP contribution is 2.33. The van der Waals surface area contributed by atoms with Gasteiger partial charge in [-0.05, 0) is 29.6 Å². The van der Waals surface area contributed by atoms with Crippen molar-refractivity contribution in [2.45, 2.75) is 0 Å². The van der Waals surface area contributed by atoms with Crippen molar-refractivity contribution in [1.29, 1.82) is 5.26 Å². The predicted molar refractivity (Wildman–Crippen MR) is 85.9 cm³/mol. The lowest BCUT2D eigenvalue weighted by Crippen LogP contribution is -1.95. The molecular formula is C16H10N4S. The molecule has 0 amide bonds. The highest BCUT2D eigenvalue weighted by molar-refractivity contribution is 7.16. The van der Waals surface area contributed by atoms with Crippen molar-refractivity contribution in [1.82, 2.24) is 9.97 Å². The van der Waals surface area contributed by atoms with Crippen LogP contribution in [0.3, 0.4) is 0 Å². The monoisotopic (exact) mass is 290 g/mol. The number of aromatic nitrogens is 2. The lowest BCUT2D eigenvalue weighted by atomic mass is 10.1. The van der Waals surface area contributed by atoms with Crippen LogP contribution >= 0.6 is 11.3 Å². The Hall–Kier alpha value is -2.84. The van der Waals surface area contributed by atoms with Gasteiger partial charge in [0.1, 0.15) is 10.9 Å². The number of thiophene rings is 1. The topological polar surface area (TPSA) is 64.5 Å². The van der Waals surface area contributed by atoms with E-state index in [-0.39, 0.29) is 0 Å². The summed E-state index contributed by atoms with van der Waals surface area (Å²) in [5.74, 6) is 0. The van der Waals surface area contributed by atoms with Gasteiger partial charge in [-0.25, -0.2) is 4.98 Å². The quantitative estimate of drug-likeness (QED) is 0.575. The van der Waals surface area contributed by atoms with Gasteiger partial charge in [-0.3, -0.25) is 0 Å². The maximum atomic E-state index is 9.33. The van der Waals surface area contributed by atoms with Crippen LogP contribution in [0.4, 0.5) is 11.4 Å². The van der Waals surface area contributed by atoms with Crippen molar-refractivity contribution in [3.63, 3.8) is 0 Å². The fourth-order valence-corrected chi connectivity index (χ4v) is 3.22. The molecule has 0 aliphatic carbocycles. The number of benzene rings is 1. The summed E-state index contributed by atoms with van der Waals surface area (Å²) < 4.78 is 0. The van der Waals surface area contributed by atoms with E-state index in [2.05, 4.69) is 21.4 Å². The highest BCUT2D eigenvalue weighted by atomic mass is 32.1. The Labute approximate surface area is 124 Å². The third-order valence-electron chi connectivity index (χ3n) is 3.47. The van der Waals surface area contributed by atoms with Crippen molar-refractivity contribution in [3.8, 4) is 6.07 Å². The van der Waals surface area contributed by atoms with Crippen LogP contribution in [0.2, 0.25) is 0 Å². The number of rotatable bonds is 2. The third kappa shape index (κ3) is 1.85. The molecule has 0 unspecified atom stereocenters. The van der Waals surface area contributed by atoms with Crippen LogP contribution in [-0.2, 0) is 0 Å². The summed E-state index contributed by atoms with van der Waals surface area (Å²) in [7, 11) is 0. The summed E-state index contributed by atoms with van der Waals surface area (Å²) in [6.07, 6.45) is 3.53. The minimum Gasteiger partial charge on any atom is -0.361 e. The Bertz CT molecular complexity index is 990. The fourth-order valence-electron chi connectivity index (χ4n) is 2.47. The maximum absolute atomic E-state index is 9.33. The van der Waals surface area contributed by atoms with Gasteiger partial charge in [0.15, 0.2) is 0 Å². The molecular weight excluding hydrogens is 280 g/mol. The summed E-state index contributed by atoms with van der Waals surface area (Å²) >= 11 is 1.57. The molecule has 5 heteroatoms. The van der Waals surface area contributed by atoms with E-state index in [0.717, 1.165) is 32.5 Å². The molecule has 1 aromatic carbocycles. The van der Waals surface area contributed by atoms with Crippen LogP contribution in [0.15, 0.2) is 48.1 Å². The zero-order chi connectivity index (χ0) is 14.2. The van der Waals surface area contributed by atoms with Gasteiger partial charge >= 0.3 is 0 Å². The van der Waals surface area contributed by atoms with E-state index in [1.807, 2.05) is 41.9 Å². The largest absolute Gasteiger partial charge is 0.361 e. The van der Waals surface area contributed by atoms with Crippen LogP contribution in [0, 0.1) is 11.3 Å². The van der Waals surface area contributed by atoms with Crippen molar-refractivity contribution in [2.24, 2.45) is 0 Å². The predicted octanol–water partition coefficient (Wildman–Crippen LogP) is 4.39. The number of pyridine rings is 1. The Balaban J connectivity index is 1.93. The van der Waals surface area contributed by atoms with Crippen molar-refractivity contribution >= 4 is 43.8 Å². The van der Waals surface area contributed by atoms with E-state index < -0.39 is 0 Å². The van der Waals surface area contributed by atoms with Gasteiger partial charge in [-0.2, -0.15) is 5.26 Å². The first-order valence-electron chi connectivity index (χ1n) is 6.46. The van der Waals surface area contributed by atoms with Gasteiger partial charge in [-0.1, -0.05) is 6.07 Å². The van der Waals surface area contributed by atoms with Gasteiger partial charge in [0.05, 0.1) is 11.3 Å². The number of fused-ring (bicyclic) bond motifs is 2. The molecule has 0 atom stereocenters. The van der Waals surface area contributed by atoms with Gasteiger partial charge in [0.2, 0.25) is 0 Å². The molecule has 2 N–H and O–H groups in total. The normalized spacial score (nSPS) is 10.8. The molecule has 0 spiro atoms. The summed E-state index contributed by atoms with van der Waals surface area (Å²) in [6, 6.07) is 12.2. The van der Waals surface area contributed by atoms with Gasteiger partial charge in [-0.15, -0.1) is 11.3 Å². The van der Waals surface area contributed by atoms with Crippen molar-refractivity contribution in [3.05, 3.63) is 53.7 Å². The summed E-state index contributed by atoms with van der Waals surface area (Å²) in [5.41, 5.74) is 3.41. The minimum atomic E-state index is 0.549. The first-order chi connectivity index (χ1) is 10.4. The van der Waals surface area contributed by atoms with E-state index in [0.29, 0.717) is 5.56 Å². The van der Waals surface area contributed by atoms with E-state index in [1.165, 1.54) is 0 Å². The van der Waals surface area contributed by atoms with E-state index in [4.69, 9.17) is 0 Å². The first-order valence-corrected chi connectivity index (χ1v) is 7.34. The molecule has 21 heavy (non-hydrogen) atoms. The average Bonchev–Trinajstić information content (AvgIpc) is 3.16. The first kappa shape index (κ1) is 11.9. The minimum absolute atomic E-state index is 0.549. The van der Waals surface area contributed by atoms with Gasteiger partial charge in [0.25, 0.3) is 0 Å². The Morgan fingerprint density at radius 3 is 3.05 bits per heavy atom. The molecule has 0 aliphatic rings. The second-order valence-electron chi connectivity index (χ2n) is 4.67. The maximum Gasteiger partial charge on any atom is 0.125 e. The molecule has 0 saturated heterocycles. The Morgan fingerprint density at radius 1 is 1.19 bits per heavy atom. The van der Waals surface area contributed by atoms with E-state index in [1.54, 1.807) is 17.5 Å². The molecule has 0 aliphatic heterocycles. The molecule has 4 rings (SSSR count). The van der Waals surface area contributed by atoms with Crippen molar-refractivity contribution < 1.29 is 0 Å². The van der Waals surface area contributed by atoms with Crippen molar-refractivity contribution in [2.75, 3.05) is 5.32 Å². The Kier molecular flexibility index (Phi) is 2.62. The molecule has 3 aromatic heterocycles. The lowest BCUT2D eigenvalue weighted by molar-refractivity contribution is 1.39. The summed E-state index contributed by atoms with van der Waals surface area (Å²) in [4.78, 5) is 8.44. The number of hydrogen-bond donors (Lipinski definition) is 2. The smallest absolute Gasteiger partial charge is 0.125 e. The number of nitrogens with one attached hydrogen (secondary N) is 2. The SMILES string of the molecule is N#Cc1cnc2sccc2c1Nc1cccc2[nH]ccc12. The molecule has 4 nitrogen and oxygen atoms in total. The molecule has 0 fully saturated rings. The number of aromatic amines is 1. The zero-order valence-electron chi connectivity index (χ0n) is 10.9. The molecule has 100 valence electrons. The molecule has 4 aromatic rings. The van der Waals surface area contributed by atoms with Gasteiger partial charge < -0.3 is 10.3 Å². The third-order valence-corrected chi connectivity index (χ3v) is 4.29. The second kappa shape index (κ2) is 4.62. The molecule has 0 saturated carbocycles. The zero-order valence-corrected chi connectivity index (χ0v) is 11.7. The number of hydrogen-bond acceptors (Lipinski definition) is 4. The standard InChI is InChI=1S/C16H10N4S/c17-8-10-9-19-16-12(5-7-21-16)15(10)20-14-3-1-2-13-11(14)4-6-18-13/h1-7,9,18H,(H,19,20).